The molecule has 3 nitrogen and oxygen atoms in total. The van der Waals surface area contributed by atoms with Gasteiger partial charge in [-0.1, -0.05) is 65.5 Å². The number of rotatable bonds is 6. The van der Waals surface area contributed by atoms with E-state index in [1.807, 2.05) is 0 Å². The third kappa shape index (κ3) is 4.21. The van der Waals surface area contributed by atoms with E-state index in [2.05, 4.69) is 40.7 Å². The van der Waals surface area contributed by atoms with Crippen molar-refractivity contribution in [3.63, 3.8) is 0 Å². The summed E-state index contributed by atoms with van der Waals surface area (Å²) in [5.41, 5.74) is 2.03. The molecule has 0 aromatic rings. The molecule has 8 atom stereocenters. The van der Waals surface area contributed by atoms with Gasteiger partial charge in [0, 0.05) is 19.8 Å². The first-order valence-electron chi connectivity index (χ1n) is 13.6. The molecule has 0 aliphatic heterocycles. The van der Waals surface area contributed by atoms with Gasteiger partial charge in [-0.15, -0.1) is 0 Å². The van der Waals surface area contributed by atoms with Crippen LogP contribution in [0.2, 0.25) is 0 Å². The number of carbonyl (C=O) groups excluding carboxylic acids is 1. The van der Waals surface area contributed by atoms with Gasteiger partial charge in [0.1, 0.15) is 0 Å². The zero-order chi connectivity index (χ0) is 23.3. The number of hydrogen-bond acceptors (Lipinski definition) is 3. The molecule has 0 saturated heterocycles. The van der Waals surface area contributed by atoms with Crippen molar-refractivity contribution in [2.45, 2.75) is 118 Å². The first-order chi connectivity index (χ1) is 15.0. The van der Waals surface area contributed by atoms with Crippen LogP contribution in [-0.2, 0) is 9.53 Å². The number of carbonyl (C=O) groups is 1. The van der Waals surface area contributed by atoms with E-state index in [1.54, 1.807) is 0 Å². The first-order valence-corrected chi connectivity index (χ1v) is 13.6. The topological polar surface area (TPSA) is 46.5 Å². The smallest absolute Gasteiger partial charge is 0.305 e. The van der Waals surface area contributed by atoms with Gasteiger partial charge in [0.05, 0.1) is 0 Å². The number of allylic oxidation sites excluding steroid dienone is 1. The van der Waals surface area contributed by atoms with E-state index < -0.39 is 5.79 Å². The highest BCUT2D eigenvalue weighted by Gasteiger charge is 2.60. The number of hydrogen-bond donors (Lipinski definition) is 1. The molecular formula is C29H48O3. The molecule has 4 rings (SSSR count). The van der Waals surface area contributed by atoms with Gasteiger partial charge >= 0.3 is 5.97 Å². The maximum Gasteiger partial charge on any atom is 0.305 e. The Hall–Kier alpha value is -0.830. The van der Waals surface area contributed by atoms with Crippen molar-refractivity contribution in [1.29, 1.82) is 0 Å². The second kappa shape index (κ2) is 8.75. The quantitative estimate of drug-likeness (QED) is 0.266. The minimum Gasteiger partial charge on any atom is -0.433 e. The Morgan fingerprint density at radius 2 is 1.84 bits per heavy atom. The summed E-state index contributed by atoms with van der Waals surface area (Å²) < 4.78 is 5.36. The Labute approximate surface area is 196 Å². The summed E-state index contributed by atoms with van der Waals surface area (Å²) in [5.74, 6) is 3.24. The maximum absolute atomic E-state index is 11.5. The van der Waals surface area contributed by atoms with Crippen LogP contribution in [0, 0.1) is 46.3 Å². The Balaban J connectivity index is 1.49. The van der Waals surface area contributed by atoms with E-state index in [0.717, 1.165) is 48.3 Å². The summed E-state index contributed by atoms with van der Waals surface area (Å²) in [5, 5.41) is 10.9. The van der Waals surface area contributed by atoms with Crippen molar-refractivity contribution in [2.75, 3.05) is 0 Å². The average Bonchev–Trinajstić information content (AvgIpc) is 3.05. The molecule has 0 bridgehead atoms. The van der Waals surface area contributed by atoms with E-state index in [1.165, 1.54) is 57.4 Å². The molecule has 4 aliphatic rings. The van der Waals surface area contributed by atoms with E-state index in [9.17, 15) is 9.90 Å². The minimum absolute atomic E-state index is 0.164. The fourth-order valence-corrected chi connectivity index (χ4v) is 9.00. The van der Waals surface area contributed by atoms with Gasteiger partial charge in [0.2, 0.25) is 5.79 Å². The van der Waals surface area contributed by atoms with E-state index in [4.69, 9.17) is 4.74 Å². The van der Waals surface area contributed by atoms with Gasteiger partial charge in [-0.05, 0) is 84.9 Å². The molecule has 0 heterocycles. The van der Waals surface area contributed by atoms with Crippen LogP contribution in [0.25, 0.3) is 0 Å². The van der Waals surface area contributed by atoms with Crippen molar-refractivity contribution in [1.82, 2.24) is 0 Å². The van der Waals surface area contributed by atoms with Crippen molar-refractivity contribution < 1.29 is 14.6 Å². The van der Waals surface area contributed by atoms with Gasteiger partial charge < -0.3 is 9.84 Å². The molecule has 3 saturated carbocycles. The molecule has 0 radical (unpaired) electrons. The Kier molecular flexibility index (Phi) is 6.64. The summed E-state index contributed by atoms with van der Waals surface area (Å²) in [6, 6.07) is 0. The normalized spacial score (nSPS) is 44.3. The third-order valence-electron chi connectivity index (χ3n) is 10.7. The maximum atomic E-state index is 11.5. The van der Waals surface area contributed by atoms with Crippen LogP contribution in [0.5, 0.6) is 0 Å². The van der Waals surface area contributed by atoms with Crippen molar-refractivity contribution >= 4 is 5.97 Å². The van der Waals surface area contributed by atoms with Crippen LogP contribution < -0.4 is 0 Å². The Bertz CT molecular complexity index is 741. The molecule has 4 aliphatic carbocycles. The van der Waals surface area contributed by atoms with Gasteiger partial charge in [-0.3, -0.25) is 4.79 Å². The van der Waals surface area contributed by atoms with Gasteiger partial charge in [0.25, 0.3) is 0 Å². The van der Waals surface area contributed by atoms with E-state index >= 15 is 0 Å². The standard InChI is InChI=1S/C29H48O3/c1-19(2)8-7-9-20(3)24-12-13-25-23-11-10-22-18-29(31,32-21(4)30)17-16-27(22,5)26(23)14-15-28(24,25)6/h10,19-20,23-26,31H,7-9,11-18H2,1-6H3/t20-,23+,24-,25+,26+,27+,28-,29+/m1/s1. The van der Waals surface area contributed by atoms with Crippen LogP contribution in [0.4, 0.5) is 0 Å². The number of esters is 1. The predicted octanol–water partition coefficient (Wildman–Crippen LogP) is 7.28. The Morgan fingerprint density at radius 1 is 1.09 bits per heavy atom. The van der Waals surface area contributed by atoms with Crippen LogP contribution in [-0.4, -0.2) is 16.9 Å². The lowest BCUT2D eigenvalue weighted by atomic mass is 9.46. The zero-order valence-corrected chi connectivity index (χ0v) is 21.6. The lowest BCUT2D eigenvalue weighted by Gasteiger charge is -2.59. The zero-order valence-electron chi connectivity index (χ0n) is 21.6. The summed E-state index contributed by atoms with van der Waals surface area (Å²) >= 11 is 0. The van der Waals surface area contributed by atoms with Crippen LogP contribution in [0.15, 0.2) is 11.6 Å². The van der Waals surface area contributed by atoms with Crippen LogP contribution in [0.1, 0.15) is 112 Å². The SMILES string of the molecule is CC(=O)O[C@@]1(O)CC[C@@]2(C)C(=CC[C@H]3[C@@H]4CC[C@H]([C@H](C)CCCC(C)C)[C@@]4(C)CC[C@@H]32)C1. The molecule has 0 aromatic carbocycles. The molecule has 32 heavy (non-hydrogen) atoms. The van der Waals surface area contributed by atoms with E-state index in [-0.39, 0.29) is 11.4 Å². The molecule has 0 amide bonds. The average molecular weight is 445 g/mol. The Morgan fingerprint density at radius 3 is 2.53 bits per heavy atom. The predicted molar refractivity (Wildman–Crippen MR) is 130 cm³/mol. The molecule has 0 spiro atoms. The number of ether oxygens (including phenoxy) is 1. The molecular weight excluding hydrogens is 396 g/mol. The fraction of sp³-hybridized carbons (Fsp3) is 0.897. The molecule has 0 aromatic heterocycles. The monoisotopic (exact) mass is 444 g/mol. The lowest BCUT2D eigenvalue weighted by Crippen LogP contribution is -2.53. The van der Waals surface area contributed by atoms with Crippen LogP contribution in [0.3, 0.4) is 0 Å². The van der Waals surface area contributed by atoms with Gasteiger partial charge in [0.15, 0.2) is 0 Å². The molecule has 0 unspecified atom stereocenters. The van der Waals surface area contributed by atoms with Crippen LogP contribution >= 0.6 is 0 Å². The molecule has 1 N–H and O–H groups in total. The molecule has 182 valence electrons. The van der Waals surface area contributed by atoms with Crippen molar-refractivity contribution in [2.24, 2.45) is 46.3 Å². The second-order valence-corrected chi connectivity index (χ2v) is 13.0. The highest BCUT2D eigenvalue weighted by Crippen LogP contribution is 2.67. The highest BCUT2D eigenvalue weighted by molar-refractivity contribution is 5.66. The summed E-state index contributed by atoms with van der Waals surface area (Å²) in [6.07, 6.45) is 15.3. The first kappa shape index (κ1) is 24.3. The second-order valence-electron chi connectivity index (χ2n) is 13.0. The number of aliphatic hydroxyl groups is 1. The van der Waals surface area contributed by atoms with Gasteiger partial charge in [-0.25, -0.2) is 0 Å². The fourth-order valence-electron chi connectivity index (χ4n) is 9.00. The highest BCUT2D eigenvalue weighted by atomic mass is 16.7. The van der Waals surface area contributed by atoms with Gasteiger partial charge in [-0.2, -0.15) is 0 Å². The van der Waals surface area contributed by atoms with E-state index in [0.29, 0.717) is 18.3 Å². The third-order valence-corrected chi connectivity index (χ3v) is 10.7. The molecule has 3 fully saturated rings. The summed E-state index contributed by atoms with van der Waals surface area (Å²) in [4.78, 5) is 11.5. The lowest BCUT2D eigenvalue weighted by molar-refractivity contribution is -0.221. The number of fused-ring (bicyclic) bond motifs is 5. The van der Waals surface area contributed by atoms with Crippen molar-refractivity contribution in [3.05, 3.63) is 11.6 Å². The largest absolute Gasteiger partial charge is 0.433 e. The molecule has 3 heteroatoms. The summed E-state index contributed by atoms with van der Waals surface area (Å²) in [6.45, 7) is 13.7. The summed E-state index contributed by atoms with van der Waals surface area (Å²) in [7, 11) is 0. The minimum atomic E-state index is -1.29. The van der Waals surface area contributed by atoms with Crippen molar-refractivity contribution in [3.8, 4) is 0 Å².